The van der Waals surface area contributed by atoms with E-state index in [0.717, 1.165) is 6.21 Å². The maximum atomic E-state index is 10.7. The smallest absolute Gasteiger partial charge is 0.295 e. The van der Waals surface area contributed by atoms with Crippen LogP contribution in [0.4, 0.5) is 0 Å². The Morgan fingerprint density at radius 2 is 1.92 bits per heavy atom. The van der Waals surface area contributed by atoms with Crippen LogP contribution in [0.5, 0.6) is 0 Å². The normalized spacial score (nSPS) is 12.1. The molecule has 0 bridgehead atoms. The highest BCUT2D eigenvalue weighted by Gasteiger charge is 2.12. The first kappa shape index (κ1) is 9.69. The van der Waals surface area contributed by atoms with Crippen molar-refractivity contribution in [2.45, 2.75) is 4.90 Å². The van der Waals surface area contributed by atoms with Crippen LogP contribution in [0.2, 0.25) is 0 Å². The average molecular weight is 201 g/mol. The quantitative estimate of drug-likeness (QED) is 0.320. The maximum Gasteiger partial charge on any atom is 0.295 e. The zero-order valence-corrected chi connectivity index (χ0v) is 7.27. The highest BCUT2D eigenvalue weighted by Crippen LogP contribution is 2.12. The van der Waals surface area contributed by atoms with E-state index in [4.69, 9.17) is 9.76 Å². The van der Waals surface area contributed by atoms with E-state index in [0.29, 0.717) is 0 Å². The lowest BCUT2D eigenvalue weighted by Crippen LogP contribution is -2.02. The zero-order chi connectivity index (χ0) is 9.90. The van der Waals surface area contributed by atoms with Gasteiger partial charge in [-0.3, -0.25) is 4.55 Å². The topological polar surface area (TPSA) is 87.0 Å². The average Bonchev–Trinajstić information content (AvgIpc) is 2.04. The van der Waals surface area contributed by atoms with E-state index in [2.05, 4.69) is 5.16 Å². The molecule has 0 heterocycles. The monoisotopic (exact) mass is 201 g/mol. The van der Waals surface area contributed by atoms with Crippen LogP contribution in [0.3, 0.4) is 0 Å². The SMILES string of the molecule is O=S(=O)(O)c1ccccc1C=NO. The van der Waals surface area contributed by atoms with Crippen LogP contribution in [-0.2, 0) is 10.1 Å². The molecular weight excluding hydrogens is 194 g/mol. The minimum absolute atomic E-state index is 0.132. The van der Waals surface area contributed by atoms with Crippen molar-refractivity contribution in [1.29, 1.82) is 0 Å². The molecule has 0 atom stereocenters. The molecule has 0 saturated carbocycles. The van der Waals surface area contributed by atoms with Gasteiger partial charge in [-0.25, -0.2) is 0 Å². The minimum Gasteiger partial charge on any atom is -0.411 e. The molecule has 0 fully saturated rings. The standard InChI is InChI=1S/C7H7NO4S/c9-8-5-6-3-1-2-4-7(6)13(10,11)12/h1-5,9H,(H,10,11,12). The van der Waals surface area contributed by atoms with Gasteiger partial charge in [0.25, 0.3) is 10.1 Å². The van der Waals surface area contributed by atoms with Crippen molar-refractivity contribution in [2.24, 2.45) is 5.16 Å². The number of rotatable bonds is 2. The molecule has 70 valence electrons. The van der Waals surface area contributed by atoms with Crippen molar-refractivity contribution in [1.82, 2.24) is 0 Å². The third-order valence-electron chi connectivity index (χ3n) is 1.39. The Bertz CT molecular complexity index is 424. The Hall–Kier alpha value is -1.40. The molecular formula is C7H7NO4S. The fraction of sp³-hybridized carbons (Fsp3) is 0. The van der Waals surface area contributed by atoms with E-state index in [-0.39, 0.29) is 10.5 Å². The summed E-state index contributed by atoms with van der Waals surface area (Å²) in [6, 6.07) is 5.64. The first-order chi connectivity index (χ1) is 6.05. The predicted molar refractivity (Wildman–Crippen MR) is 45.6 cm³/mol. The zero-order valence-electron chi connectivity index (χ0n) is 6.45. The second-order valence-corrected chi connectivity index (χ2v) is 3.65. The number of nitrogens with zero attached hydrogens (tertiary/aromatic N) is 1. The fourth-order valence-corrected chi connectivity index (χ4v) is 1.55. The first-order valence-electron chi connectivity index (χ1n) is 3.29. The van der Waals surface area contributed by atoms with E-state index in [1.807, 2.05) is 0 Å². The Morgan fingerprint density at radius 3 is 2.46 bits per heavy atom. The highest BCUT2D eigenvalue weighted by atomic mass is 32.2. The molecule has 0 spiro atoms. The van der Waals surface area contributed by atoms with E-state index in [1.165, 1.54) is 18.2 Å². The summed E-state index contributed by atoms with van der Waals surface area (Å²) in [5.41, 5.74) is 0.132. The van der Waals surface area contributed by atoms with Crippen molar-refractivity contribution in [3.05, 3.63) is 29.8 Å². The summed E-state index contributed by atoms with van der Waals surface area (Å²) in [4.78, 5) is -0.284. The molecule has 13 heavy (non-hydrogen) atoms. The Kier molecular flexibility index (Phi) is 2.64. The third kappa shape index (κ3) is 2.27. The van der Waals surface area contributed by atoms with E-state index < -0.39 is 10.1 Å². The van der Waals surface area contributed by atoms with Crippen molar-refractivity contribution >= 4 is 16.3 Å². The van der Waals surface area contributed by atoms with Crippen molar-refractivity contribution in [3.63, 3.8) is 0 Å². The molecule has 6 heteroatoms. The van der Waals surface area contributed by atoms with Gasteiger partial charge in [0.2, 0.25) is 0 Å². The van der Waals surface area contributed by atoms with Gasteiger partial charge in [0, 0.05) is 5.56 Å². The third-order valence-corrected chi connectivity index (χ3v) is 2.32. The molecule has 1 aromatic rings. The Labute approximate surface area is 75.1 Å². The minimum atomic E-state index is -4.26. The van der Waals surface area contributed by atoms with Crippen LogP contribution in [-0.4, -0.2) is 24.4 Å². The second-order valence-electron chi connectivity index (χ2n) is 2.26. The molecule has 0 unspecified atom stereocenters. The number of oxime groups is 1. The molecule has 0 aliphatic heterocycles. The number of hydrogen-bond acceptors (Lipinski definition) is 4. The molecule has 1 aromatic carbocycles. The molecule has 0 amide bonds. The summed E-state index contributed by atoms with van der Waals surface area (Å²) in [5, 5.41) is 10.9. The lowest BCUT2D eigenvalue weighted by Gasteiger charge is -1.99. The van der Waals surface area contributed by atoms with Gasteiger partial charge in [-0.05, 0) is 6.07 Å². The largest absolute Gasteiger partial charge is 0.411 e. The van der Waals surface area contributed by atoms with Crippen LogP contribution < -0.4 is 0 Å². The molecule has 1 rings (SSSR count). The van der Waals surface area contributed by atoms with Gasteiger partial charge in [0.05, 0.1) is 6.21 Å². The lowest BCUT2D eigenvalue weighted by atomic mass is 10.2. The van der Waals surface area contributed by atoms with Crippen LogP contribution in [0, 0.1) is 0 Å². The molecule has 5 nitrogen and oxygen atoms in total. The predicted octanol–water partition coefficient (Wildman–Crippen LogP) is 0.741. The molecule has 0 aromatic heterocycles. The summed E-state index contributed by atoms with van der Waals surface area (Å²) >= 11 is 0. The Balaban J connectivity index is 3.37. The first-order valence-corrected chi connectivity index (χ1v) is 4.73. The highest BCUT2D eigenvalue weighted by molar-refractivity contribution is 7.86. The summed E-state index contributed by atoms with van der Waals surface area (Å²) in [5.74, 6) is 0. The van der Waals surface area contributed by atoms with Gasteiger partial charge >= 0.3 is 0 Å². The molecule has 2 N–H and O–H groups in total. The summed E-state index contributed by atoms with van der Waals surface area (Å²) < 4.78 is 30.2. The fourth-order valence-electron chi connectivity index (χ4n) is 0.884. The van der Waals surface area contributed by atoms with Gasteiger partial charge < -0.3 is 5.21 Å². The summed E-state index contributed by atoms with van der Waals surface area (Å²) in [7, 11) is -4.26. The lowest BCUT2D eigenvalue weighted by molar-refractivity contribution is 0.321. The van der Waals surface area contributed by atoms with Crippen LogP contribution in [0.1, 0.15) is 5.56 Å². The number of hydrogen-bond donors (Lipinski definition) is 2. The van der Waals surface area contributed by atoms with Gasteiger partial charge in [0.1, 0.15) is 4.90 Å². The van der Waals surface area contributed by atoms with Gasteiger partial charge in [-0.1, -0.05) is 23.4 Å². The van der Waals surface area contributed by atoms with Gasteiger partial charge in [-0.15, -0.1) is 0 Å². The Morgan fingerprint density at radius 1 is 1.31 bits per heavy atom. The van der Waals surface area contributed by atoms with E-state index in [1.54, 1.807) is 6.07 Å². The van der Waals surface area contributed by atoms with Crippen molar-refractivity contribution in [2.75, 3.05) is 0 Å². The van der Waals surface area contributed by atoms with Crippen LogP contribution in [0.25, 0.3) is 0 Å². The van der Waals surface area contributed by atoms with Crippen molar-refractivity contribution in [3.8, 4) is 0 Å². The summed E-state index contributed by atoms with van der Waals surface area (Å²) in [6.07, 6.45) is 0.934. The van der Waals surface area contributed by atoms with Gasteiger partial charge in [0.15, 0.2) is 0 Å². The second kappa shape index (κ2) is 3.55. The molecule has 0 radical (unpaired) electrons. The van der Waals surface area contributed by atoms with Gasteiger partial charge in [-0.2, -0.15) is 8.42 Å². The molecule has 0 saturated heterocycles. The van der Waals surface area contributed by atoms with Crippen molar-refractivity contribution < 1.29 is 18.2 Å². The van der Waals surface area contributed by atoms with E-state index >= 15 is 0 Å². The summed E-state index contributed by atoms with van der Waals surface area (Å²) in [6.45, 7) is 0. The van der Waals surface area contributed by atoms with E-state index in [9.17, 15) is 8.42 Å². The molecule has 0 aliphatic rings. The van der Waals surface area contributed by atoms with Crippen LogP contribution in [0.15, 0.2) is 34.3 Å². The maximum absolute atomic E-state index is 10.7. The molecule has 0 aliphatic carbocycles. The van der Waals surface area contributed by atoms with Crippen LogP contribution >= 0.6 is 0 Å². The number of benzene rings is 1.